The van der Waals surface area contributed by atoms with E-state index >= 15 is 0 Å². The van der Waals surface area contributed by atoms with Gasteiger partial charge in [0.05, 0.1) is 13.2 Å². The van der Waals surface area contributed by atoms with Crippen molar-refractivity contribution < 1.29 is 19.4 Å². The maximum atomic E-state index is 12.3. The van der Waals surface area contributed by atoms with Gasteiger partial charge in [0.1, 0.15) is 6.10 Å². The van der Waals surface area contributed by atoms with E-state index in [1.807, 2.05) is 0 Å². The van der Waals surface area contributed by atoms with Crippen molar-refractivity contribution in [2.75, 3.05) is 19.8 Å². The van der Waals surface area contributed by atoms with Gasteiger partial charge in [-0.2, -0.15) is 0 Å². The lowest BCUT2D eigenvalue weighted by atomic mass is 10.0. The van der Waals surface area contributed by atoms with Crippen LogP contribution in [-0.4, -0.2) is 37.0 Å². The second kappa shape index (κ2) is 48.5. The number of carbonyl (C=O) groups is 1. The largest absolute Gasteiger partial charge is 0.457 e. The molecule has 0 fully saturated rings. The highest BCUT2D eigenvalue weighted by molar-refractivity contribution is 5.69. The van der Waals surface area contributed by atoms with Gasteiger partial charge >= 0.3 is 5.97 Å². The van der Waals surface area contributed by atoms with Crippen molar-refractivity contribution in [3.63, 3.8) is 0 Å². The number of rotatable bonds is 45. The average molecular weight is 771 g/mol. The molecule has 0 saturated heterocycles. The van der Waals surface area contributed by atoms with Crippen LogP contribution < -0.4 is 0 Å². The molecule has 0 radical (unpaired) electrons. The number of aliphatic hydroxyl groups excluding tert-OH is 1. The number of aliphatic hydroxyl groups is 1. The first kappa shape index (κ1) is 53.4. The molecule has 0 aromatic heterocycles. The molecular weight excluding hydrogens is 677 g/mol. The minimum atomic E-state index is -0.539. The summed E-state index contributed by atoms with van der Waals surface area (Å²) >= 11 is 0. The van der Waals surface area contributed by atoms with Gasteiger partial charge in [-0.25, -0.2) is 0 Å². The van der Waals surface area contributed by atoms with Crippen molar-refractivity contribution in [1.29, 1.82) is 0 Å². The molecule has 4 nitrogen and oxygen atoms in total. The molecule has 0 bridgehead atoms. The normalized spacial score (nSPS) is 12.7. The molecular formula is C51H94O4. The zero-order valence-corrected chi connectivity index (χ0v) is 36.9. The Labute approximate surface area is 343 Å². The van der Waals surface area contributed by atoms with Crippen LogP contribution in [-0.2, 0) is 14.3 Å². The van der Waals surface area contributed by atoms with E-state index < -0.39 is 6.10 Å². The molecule has 1 atom stereocenters. The third-order valence-electron chi connectivity index (χ3n) is 10.6. The minimum Gasteiger partial charge on any atom is -0.457 e. The van der Waals surface area contributed by atoms with Crippen molar-refractivity contribution in [3.8, 4) is 0 Å². The van der Waals surface area contributed by atoms with Gasteiger partial charge in [0.25, 0.3) is 0 Å². The van der Waals surface area contributed by atoms with Crippen molar-refractivity contribution in [2.45, 2.75) is 251 Å². The predicted octanol–water partition coefficient (Wildman–Crippen LogP) is 16.2. The van der Waals surface area contributed by atoms with E-state index in [9.17, 15) is 9.90 Å². The molecule has 0 aromatic rings. The van der Waals surface area contributed by atoms with Crippen LogP contribution in [0, 0.1) is 0 Å². The van der Waals surface area contributed by atoms with Gasteiger partial charge in [0.15, 0.2) is 0 Å². The summed E-state index contributed by atoms with van der Waals surface area (Å²) in [5.41, 5.74) is 0. The number of hydrogen-bond donors (Lipinski definition) is 1. The van der Waals surface area contributed by atoms with Crippen molar-refractivity contribution >= 4 is 5.97 Å². The van der Waals surface area contributed by atoms with Crippen LogP contribution in [0.25, 0.3) is 0 Å². The quantitative estimate of drug-likeness (QED) is 0.0381. The summed E-state index contributed by atoms with van der Waals surface area (Å²) < 4.78 is 11.2. The number of allylic oxidation sites excluding steroid dienone is 8. The Hall–Kier alpha value is -1.65. The fraction of sp³-hybridized carbons (Fsp3) is 0.824. The summed E-state index contributed by atoms with van der Waals surface area (Å²) in [6.07, 6.45) is 63.3. The molecule has 55 heavy (non-hydrogen) atoms. The first-order chi connectivity index (χ1) is 27.2. The molecule has 0 rings (SSSR count). The van der Waals surface area contributed by atoms with E-state index in [0.29, 0.717) is 19.6 Å². The van der Waals surface area contributed by atoms with E-state index in [4.69, 9.17) is 9.47 Å². The lowest BCUT2D eigenvalue weighted by Gasteiger charge is -2.16. The molecule has 0 heterocycles. The smallest absolute Gasteiger partial charge is 0.306 e. The van der Waals surface area contributed by atoms with Crippen LogP contribution in [0.15, 0.2) is 48.6 Å². The fourth-order valence-electron chi connectivity index (χ4n) is 6.98. The Bertz CT molecular complexity index is 859. The third kappa shape index (κ3) is 46.6. The number of ether oxygens (including phenoxy) is 2. The molecule has 0 aromatic carbocycles. The number of esters is 1. The Morgan fingerprint density at radius 1 is 0.436 bits per heavy atom. The van der Waals surface area contributed by atoms with E-state index in [2.05, 4.69) is 62.5 Å². The molecule has 0 aliphatic heterocycles. The highest BCUT2D eigenvalue weighted by Crippen LogP contribution is 2.14. The van der Waals surface area contributed by atoms with Gasteiger partial charge in [0.2, 0.25) is 0 Å². The van der Waals surface area contributed by atoms with Gasteiger partial charge < -0.3 is 14.6 Å². The molecule has 1 N–H and O–H groups in total. The maximum absolute atomic E-state index is 12.3. The summed E-state index contributed by atoms with van der Waals surface area (Å²) in [7, 11) is 0. The second-order valence-electron chi connectivity index (χ2n) is 16.2. The highest BCUT2D eigenvalue weighted by Gasteiger charge is 2.13. The van der Waals surface area contributed by atoms with Crippen LogP contribution in [0.4, 0.5) is 0 Å². The van der Waals surface area contributed by atoms with Gasteiger partial charge in [0, 0.05) is 13.0 Å². The zero-order chi connectivity index (χ0) is 39.8. The fourth-order valence-corrected chi connectivity index (χ4v) is 6.98. The van der Waals surface area contributed by atoms with E-state index in [1.165, 1.54) is 193 Å². The SMILES string of the molecule is CCCCCCC/C=C\C/C=C\C/C=C\CCCCCCCCCCCCC(=O)OC(CO)COCCCCCCCCCC/C=C\CCCCCCCC. The molecule has 0 amide bonds. The topological polar surface area (TPSA) is 55.8 Å². The van der Waals surface area contributed by atoms with Crippen LogP contribution in [0.1, 0.15) is 245 Å². The van der Waals surface area contributed by atoms with Crippen LogP contribution in [0.5, 0.6) is 0 Å². The standard InChI is InChI=1S/C51H94O4/c1-3-5-7-9-11-13-15-17-19-21-23-24-25-26-27-28-29-30-32-34-36-38-40-42-44-46-51(53)55-50(48-52)49-54-47-45-43-41-39-37-35-33-31-22-20-18-16-14-12-10-8-6-4-2/h15,17-18,20-21,23,25-26,50,52H,3-14,16,19,22,24,27-49H2,1-2H3/b17-15-,20-18-,23-21-,26-25-. The lowest BCUT2D eigenvalue weighted by Crippen LogP contribution is -2.27. The second-order valence-corrected chi connectivity index (χ2v) is 16.2. The maximum Gasteiger partial charge on any atom is 0.306 e. The highest BCUT2D eigenvalue weighted by atomic mass is 16.6. The average Bonchev–Trinajstić information content (AvgIpc) is 3.19. The van der Waals surface area contributed by atoms with Gasteiger partial charge in [-0.3, -0.25) is 4.79 Å². The monoisotopic (exact) mass is 771 g/mol. The summed E-state index contributed by atoms with van der Waals surface area (Å²) in [6, 6.07) is 0. The Morgan fingerprint density at radius 3 is 1.16 bits per heavy atom. The number of unbranched alkanes of at least 4 members (excludes halogenated alkanes) is 29. The molecule has 0 aliphatic carbocycles. The Balaban J connectivity index is 3.43. The van der Waals surface area contributed by atoms with Gasteiger partial charge in [-0.1, -0.05) is 210 Å². The van der Waals surface area contributed by atoms with Crippen LogP contribution in [0.2, 0.25) is 0 Å². The van der Waals surface area contributed by atoms with Crippen LogP contribution >= 0.6 is 0 Å². The van der Waals surface area contributed by atoms with Crippen molar-refractivity contribution in [3.05, 3.63) is 48.6 Å². The van der Waals surface area contributed by atoms with Crippen molar-refractivity contribution in [2.24, 2.45) is 0 Å². The summed E-state index contributed by atoms with van der Waals surface area (Å²) in [5, 5.41) is 9.63. The number of hydrogen-bond acceptors (Lipinski definition) is 4. The molecule has 1 unspecified atom stereocenters. The molecule has 0 saturated carbocycles. The summed E-state index contributed by atoms with van der Waals surface area (Å²) in [6.45, 7) is 5.34. The zero-order valence-electron chi connectivity index (χ0n) is 36.9. The van der Waals surface area contributed by atoms with E-state index in [1.54, 1.807) is 0 Å². The molecule has 0 aliphatic rings. The third-order valence-corrected chi connectivity index (χ3v) is 10.6. The van der Waals surface area contributed by atoms with Crippen molar-refractivity contribution in [1.82, 2.24) is 0 Å². The number of carbonyl (C=O) groups excluding carboxylic acids is 1. The van der Waals surface area contributed by atoms with E-state index in [0.717, 1.165) is 32.1 Å². The van der Waals surface area contributed by atoms with E-state index in [-0.39, 0.29) is 12.6 Å². The van der Waals surface area contributed by atoms with Gasteiger partial charge in [-0.05, 0) is 77.0 Å². The first-order valence-electron chi connectivity index (χ1n) is 24.2. The van der Waals surface area contributed by atoms with Crippen LogP contribution in [0.3, 0.4) is 0 Å². The molecule has 0 spiro atoms. The lowest BCUT2D eigenvalue weighted by molar-refractivity contribution is -0.154. The minimum absolute atomic E-state index is 0.174. The first-order valence-corrected chi connectivity index (χ1v) is 24.2. The molecule has 322 valence electrons. The summed E-state index contributed by atoms with van der Waals surface area (Å²) in [5.74, 6) is -0.204. The Kier molecular flexibility index (Phi) is 47.0. The summed E-state index contributed by atoms with van der Waals surface area (Å²) in [4.78, 5) is 12.3. The molecule has 4 heteroatoms. The Morgan fingerprint density at radius 2 is 0.764 bits per heavy atom. The van der Waals surface area contributed by atoms with Gasteiger partial charge in [-0.15, -0.1) is 0 Å². The predicted molar refractivity (Wildman–Crippen MR) is 242 cm³/mol.